The molecule has 1 aliphatic heterocycles. The molecule has 1 aliphatic rings. The molecular weight excluding hydrogens is 422 g/mol. The number of carbonyl (C=O) groups is 2. The molecule has 3 aromatic rings. The molecule has 0 bridgehead atoms. The molecule has 0 aromatic heterocycles. The standard InChI is InChI=1S/C26H24ClN3O2/c1-18-26(32)30(17-24(31)28-15-14-19-8-4-2-5-9-19)23-13-12-21(27)16-22(23)25(29-18)20-10-6-3-7-11-20/h2-13,16,18H,14-15,17H2,1H3,(H,28,31)/t18-/m1/s1. The Kier molecular flexibility index (Phi) is 6.66. The van der Waals surface area contributed by atoms with E-state index >= 15 is 0 Å². The summed E-state index contributed by atoms with van der Waals surface area (Å²) in [5.41, 5.74) is 4.09. The second-order valence-electron chi connectivity index (χ2n) is 7.69. The number of hydrogen-bond acceptors (Lipinski definition) is 3. The number of carbonyl (C=O) groups excluding carboxylic acids is 2. The number of hydrogen-bond donors (Lipinski definition) is 1. The van der Waals surface area contributed by atoms with E-state index in [2.05, 4.69) is 5.32 Å². The lowest BCUT2D eigenvalue weighted by Crippen LogP contribution is -2.44. The Balaban J connectivity index is 1.58. The SMILES string of the molecule is C[C@H]1N=C(c2ccccc2)c2cc(Cl)ccc2N(CC(=O)NCCc2ccccc2)C1=O. The van der Waals surface area contributed by atoms with Crippen molar-refractivity contribution < 1.29 is 9.59 Å². The van der Waals surface area contributed by atoms with Gasteiger partial charge in [-0.3, -0.25) is 14.6 Å². The van der Waals surface area contributed by atoms with Gasteiger partial charge in [0.15, 0.2) is 0 Å². The Morgan fingerprint density at radius 2 is 1.72 bits per heavy atom. The highest BCUT2D eigenvalue weighted by Crippen LogP contribution is 2.30. The van der Waals surface area contributed by atoms with Crippen molar-refractivity contribution in [2.24, 2.45) is 4.99 Å². The van der Waals surface area contributed by atoms with Gasteiger partial charge in [-0.2, -0.15) is 0 Å². The van der Waals surface area contributed by atoms with Crippen LogP contribution in [-0.4, -0.2) is 36.7 Å². The fourth-order valence-electron chi connectivity index (χ4n) is 3.78. The van der Waals surface area contributed by atoms with Crippen LogP contribution in [0.1, 0.15) is 23.6 Å². The molecule has 1 N–H and O–H groups in total. The lowest BCUT2D eigenvalue weighted by molar-refractivity contribution is -0.124. The van der Waals surface area contributed by atoms with Gasteiger partial charge in [0.25, 0.3) is 5.91 Å². The van der Waals surface area contributed by atoms with Crippen molar-refractivity contribution in [3.8, 4) is 0 Å². The smallest absolute Gasteiger partial charge is 0.252 e. The minimum absolute atomic E-state index is 0.0792. The third-order valence-corrected chi connectivity index (χ3v) is 5.61. The van der Waals surface area contributed by atoms with Crippen LogP contribution < -0.4 is 10.2 Å². The molecule has 0 saturated carbocycles. The third-order valence-electron chi connectivity index (χ3n) is 5.38. The predicted octanol–water partition coefficient (Wildman–Crippen LogP) is 4.27. The number of nitrogens with zero attached hydrogens (tertiary/aromatic N) is 2. The van der Waals surface area contributed by atoms with Crippen molar-refractivity contribution in [1.82, 2.24) is 5.32 Å². The van der Waals surface area contributed by atoms with Crippen molar-refractivity contribution in [3.05, 3.63) is 101 Å². The first-order chi connectivity index (χ1) is 15.5. The Labute approximate surface area is 192 Å². The zero-order chi connectivity index (χ0) is 22.5. The van der Waals surface area contributed by atoms with Crippen LogP contribution in [-0.2, 0) is 16.0 Å². The van der Waals surface area contributed by atoms with E-state index in [1.165, 1.54) is 4.90 Å². The van der Waals surface area contributed by atoms with Gasteiger partial charge in [-0.15, -0.1) is 0 Å². The van der Waals surface area contributed by atoms with E-state index in [9.17, 15) is 9.59 Å². The van der Waals surface area contributed by atoms with Crippen LogP contribution >= 0.6 is 11.6 Å². The van der Waals surface area contributed by atoms with Crippen molar-refractivity contribution >= 4 is 34.8 Å². The van der Waals surface area contributed by atoms with Gasteiger partial charge < -0.3 is 10.2 Å². The third kappa shape index (κ3) is 4.89. The maximum atomic E-state index is 13.2. The van der Waals surface area contributed by atoms with Gasteiger partial charge in [0.1, 0.15) is 12.6 Å². The Morgan fingerprint density at radius 1 is 1.03 bits per heavy atom. The number of amides is 2. The number of anilines is 1. The molecule has 32 heavy (non-hydrogen) atoms. The Bertz CT molecular complexity index is 1150. The van der Waals surface area contributed by atoms with Crippen molar-refractivity contribution in [2.45, 2.75) is 19.4 Å². The second kappa shape index (κ2) is 9.79. The maximum absolute atomic E-state index is 13.2. The van der Waals surface area contributed by atoms with Crippen LogP contribution in [0.5, 0.6) is 0 Å². The lowest BCUT2D eigenvalue weighted by atomic mass is 10.00. The molecule has 4 rings (SSSR count). The molecule has 0 unspecified atom stereocenters. The first-order valence-corrected chi connectivity index (χ1v) is 11.0. The van der Waals surface area contributed by atoms with Crippen molar-refractivity contribution in [2.75, 3.05) is 18.0 Å². The van der Waals surface area contributed by atoms with Gasteiger partial charge in [-0.05, 0) is 37.1 Å². The van der Waals surface area contributed by atoms with E-state index in [4.69, 9.17) is 16.6 Å². The molecule has 1 heterocycles. The molecule has 0 saturated heterocycles. The summed E-state index contributed by atoms with van der Waals surface area (Å²) in [6, 6.07) is 24.3. The summed E-state index contributed by atoms with van der Waals surface area (Å²) in [5.74, 6) is -0.441. The summed E-state index contributed by atoms with van der Waals surface area (Å²) >= 11 is 6.30. The fourth-order valence-corrected chi connectivity index (χ4v) is 3.95. The minimum Gasteiger partial charge on any atom is -0.354 e. The van der Waals surface area contributed by atoms with Gasteiger partial charge in [-0.25, -0.2) is 0 Å². The molecule has 3 aromatic carbocycles. The molecule has 0 aliphatic carbocycles. The quantitative estimate of drug-likeness (QED) is 0.615. The molecule has 5 nitrogen and oxygen atoms in total. The Morgan fingerprint density at radius 3 is 2.44 bits per heavy atom. The molecule has 2 amide bonds. The molecule has 0 spiro atoms. The number of fused-ring (bicyclic) bond motifs is 1. The van der Waals surface area contributed by atoms with E-state index in [1.54, 1.807) is 25.1 Å². The van der Waals surface area contributed by atoms with E-state index < -0.39 is 6.04 Å². The van der Waals surface area contributed by atoms with Gasteiger partial charge in [0.2, 0.25) is 5.91 Å². The first kappa shape index (κ1) is 21.8. The number of rotatable bonds is 6. The van der Waals surface area contributed by atoms with Crippen LogP contribution in [0.2, 0.25) is 5.02 Å². The average molecular weight is 446 g/mol. The van der Waals surface area contributed by atoms with E-state index in [1.807, 2.05) is 60.7 Å². The number of benzodiazepines with no additional fused rings is 1. The average Bonchev–Trinajstić information content (AvgIpc) is 2.90. The number of nitrogens with one attached hydrogen (secondary N) is 1. The Hall–Kier alpha value is -3.44. The number of halogens is 1. The summed E-state index contributed by atoms with van der Waals surface area (Å²) < 4.78 is 0. The van der Waals surface area contributed by atoms with E-state index in [0.717, 1.165) is 23.1 Å². The van der Waals surface area contributed by atoms with Gasteiger partial charge in [0, 0.05) is 22.7 Å². The van der Waals surface area contributed by atoms with Crippen LogP contribution in [0, 0.1) is 0 Å². The predicted molar refractivity (Wildman–Crippen MR) is 129 cm³/mol. The number of aliphatic imine (C=N–C) groups is 1. The topological polar surface area (TPSA) is 61.8 Å². The zero-order valence-corrected chi connectivity index (χ0v) is 18.5. The molecule has 0 radical (unpaired) electrons. The van der Waals surface area contributed by atoms with Crippen LogP contribution in [0.3, 0.4) is 0 Å². The summed E-state index contributed by atoms with van der Waals surface area (Å²) in [5, 5.41) is 3.47. The minimum atomic E-state index is -0.631. The second-order valence-corrected chi connectivity index (χ2v) is 8.13. The fraction of sp³-hybridized carbons (Fsp3) is 0.192. The summed E-state index contributed by atoms with van der Waals surface area (Å²) in [4.78, 5) is 32.1. The van der Waals surface area contributed by atoms with Crippen molar-refractivity contribution in [3.63, 3.8) is 0 Å². The lowest BCUT2D eigenvalue weighted by Gasteiger charge is -2.24. The van der Waals surface area contributed by atoms with Gasteiger partial charge >= 0.3 is 0 Å². The highest BCUT2D eigenvalue weighted by atomic mass is 35.5. The highest BCUT2D eigenvalue weighted by Gasteiger charge is 2.31. The molecule has 162 valence electrons. The molecular formula is C26H24ClN3O2. The van der Waals surface area contributed by atoms with Gasteiger partial charge in [0.05, 0.1) is 11.4 Å². The monoisotopic (exact) mass is 445 g/mol. The summed E-state index contributed by atoms with van der Waals surface area (Å²) in [6.45, 7) is 2.17. The largest absolute Gasteiger partial charge is 0.354 e. The van der Waals surface area contributed by atoms with Crippen LogP contribution in [0.25, 0.3) is 0 Å². The molecule has 6 heteroatoms. The van der Waals surface area contributed by atoms with E-state index in [0.29, 0.717) is 23.0 Å². The number of benzene rings is 3. The van der Waals surface area contributed by atoms with Crippen molar-refractivity contribution in [1.29, 1.82) is 0 Å². The molecule has 0 fully saturated rings. The summed E-state index contributed by atoms with van der Waals surface area (Å²) in [6.07, 6.45) is 0.727. The highest BCUT2D eigenvalue weighted by molar-refractivity contribution is 6.32. The normalized spacial score (nSPS) is 15.6. The van der Waals surface area contributed by atoms with E-state index in [-0.39, 0.29) is 18.4 Å². The van der Waals surface area contributed by atoms with Gasteiger partial charge in [-0.1, -0.05) is 72.3 Å². The maximum Gasteiger partial charge on any atom is 0.252 e. The van der Waals surface area contributed by atoms with Crippen LogP contribution in [0.15, 0.2) is 83.9 Å². The zero-order valence-electron chi connectivity index (χ0n) is 17.8. The van der Waals surface area contributed by atoms with Crippen LogP contribution in [0.4, 0.5) is 5.69 Å². The summed E-state index contributed by atoms with van der Waals surface area (Å²) in [7, 11) is 0. The first-order valence-electron chi connectivity index (χ1n) is 10.6. The molecule has 1 atom stereocenters.